The normalized spacial score (nSPS) is 10.6. The number of ether oxygens (including phenoxy) is 1. The summed E-state index contributed by atoms with van der Waals surface area (Å²) in [5.74, 6) is -0.436. The molecule has 0 saturated heterocycles. The Morgan fingerprint density at radius 1 is 1.18 bits per heavy atom. The third-order valence-corrected chi connectivity index (χ3v) is 3.48. The lowest BCUT2D eigenvalue weighted by atomic mass is 10.0. The summed E-state index contributed by atoms with van der Waals surface area (Å²) in [6.07, 6.45) is 3.41. The zero-order chi connectivity index (χ0) is 15.5. The molecule has 0 N–H and O–H groups in total. The molecule has 22 heavy (non-hydrogen) atoms. The number of esters is 1. The highest BCUT2D eigenvalue weighted by atomic mass is 35.5. The minimum absolute atomic E-state index is 0.281. The van der Waals surface area contributed by atoms with Crippen LogP contribution in [0.3, 0.4) is 0 Å². The largest absolute Gasteiger partial charge is 0.461 e. The van der Waals surface area contributed by atoms with Gasteiger partial charge in [0.1, 0.15) is 5.69 Å². The zero-order valence-corrected chi connectivity index (χ0v) is 12.7. The fourth-order valence-electron chi connectivity index (χ4n) is 2.28. The summed E-state index contributed by atoms with van der Waals surface area (Å²) in [7, 11) is 0. The summed E-state index contributed by atoms with van der Waals surface area (Å²) in [5, 5.41) is 1.50. The van der Waals surface area contributed by atoms with Gasteiger partial charge in [0.25, 0.3) is 0 Å². The summed E-state index contributed by atoms with van der Waals surface area (Å²) in [6.45, 7) is 2.08. The van der Waals surface area contributed by atoms with E-state index in [-0.39, 0.29) is 5.69 Å². The Hall–Kier alpha value is -2.46. The van der Waals surface area contributed by atoms with Crippen molar-refractivity contribution in [2.75, 3.05) is 6.61 Å². The maximum Gasteiger partial charge on any atom is 0.356 e. The van der Waals surface area contributed by atoms with Crippen molar-refractivity contribution in [2.24, 2.45) is 0 Å². The third-order valence-electron chi connectivity index (χ3n) is 3.25. The van der Waals surface area contributed by atoms with Crippen LogP contribution >= 0.6 is 11.6 Å². The van der Waals surface area contributed by atoms with Crippen LogP contribution in [-0.4, -0.2) is 22.5 Å². The number of halogens is 1. The van der Waals surface area contributed by atoms with Gasteiger partial charge < -0.3 is 4.74 Å². The molecular formula is C17H13ClN2O2. The molecule has 3 rings (SSSR count). The first-order valence-electron chi connectivity index (χ1n) is 6.87. The van der Waals surface area contributed by atoms with Crippen molar-refractivity contribution >= 4 is 28.5 Å². The molecule has 0 aliphatic heterocycles. The Labute approximate surface area is 132 Å². The summed E-state index contributed by atoms with van der Waals surface area (Å²) in [6, 6.07) is 10.9. The smallest absolute Gasteiger partial charge is 0.356 e. The second-order valence-electron chi connectivity index (χ2n) is 4.67. The first-order valence-corrected chi connectivity index (χ1v) is 7.24. The molecule has 2 heterocycles. The van der Waals surface area contributed by atoms with Gasteiger partial charge in [-0.05, 0) is 54.4 Å². The van der Waals surface area contributed by atoms with Crippen LogP contribution in [0.4, 0.5) is 0 Å². The van der Waals surface area contributed by atoms with E-state index in [1.807, 2.05) is 18.2 Å². The molecule has 0 bridgehead atoms. The van der Waals surface area contributed by atoms with Crippen molar-refractivity contribution < 1.29 is 9.53 Å². The Morgan fingerprint density at radius 3 is 2.68 bits per heavy atom. The minimum Gasteiger partial charge on any atom is -0.461 e. The lowest BCUT2D eigenvalue weighted by Gasteiger charge is -2.10. The van der Waals surface area contributed by atoms with E-state index < -0.39 is 5.97 Å². The SMILES string of the molecule is CCOC(=O)c1cc(-c2ccncc2)c2cc(Cl)ccc2n1. The van der Waals surface area contributed by atoms with E-state index in [0.29, 0.717) is 17.1 Å². The van der Waals surface area contributed by atoms with E-state index in [9.17, 15) is 4.79 Å². The number of nitrogens with zero attached hydrogens (tertiary/aromatic N) is 2. The Bertz CT molecular complexity index is 835. The van der Waals surface area contributed by atoms with Crippen molar-refractivity contribution in [3.63, 3.8) is 0 Å². The number of rotatable bonds is 3. The highest BCUT2D eigenvalue weighted by Crippen LogP contribution is 2.30. The maximum absolute atomic E-state index is 12.0. The molecule has 0 amide bonds. The second-order valence-corrected chi connectivity index (χ2v) is 5.11. The van der Waals surface area contributed by atoms with E-state index in [4.69, 9.17) is 16.3 Å². The topological polar surface area (TPSA) is 52.1 Å². The van der Waals surface area contributed by atoms with Crippen LogP contribution in [0.25, 0.3) is 22.0 Å². The van der Waals surface area contributed by atoms with Crippen LogP contribution < -0.4 is 0 Å². The molecule has 4 nitrogen and oxygen atoms in total. The summed E-state index contributed by atoms with van der Waals surface area (Å²) >= 11 is 6.10. The van der Waals surface area contributed by atoms with Crippen molar-refractivity contribution in [1.29, 1.82) is 0 Å². The number of hydrogen-bond acceptors (Lipinski definition) is 4. The first kappa shape index (κ1) is 14.5. The zero-order valence-electron chi connectivity index (χ0n) is 11.9. The van der Waals surface area contributed by atoms with Gasteiger partial charge in [0.15, 0.2) is 0 Å². The van der Waals surface area contributed by atoms with Gasteiger partial charge in [0, 0.05) is 22.8 Å². The molecule has 0 unspecified atom stereocenters. The molecule has 0 aliphatic carbocycles. The van der Waals surface area contributed by atoms with E-state index in [2.05, 4.69) is 9.97 Å². The Morgan fingerprint density at radius 2 is 1.95 bits per heavy atom. The number of carbonyl (C=O) groups is 1. The Balaban J connectivity index is 2.26. The fourth-order valence-corrected chi connectivity index (χ4v) is 2.45. The van der Waals surface area contributed by atoms with Crippen LogP contribution in [-0.2, 0) is 4.74 Å². The average Bonchev–Trinajstić information content (AvgIpc) is 2.55. The van der Waals surface area contributed by atoms with Crippen molar-refractivity contribution in [1.82, 2.24) is 9.97 Å². The van der Waals surface area contributed by atoms with Gasteiger partial charge in [0.05, 0.1) is 12.1 Å². The molecule has 5 heteroatoms. The molecule has 0 aliphatic rings. The van der Waals surface area contributed by atoms with Crippen molar-refractivity contribution in [2.45, 2.75) is 6.92 Å². The molecule has 110 valence electrons. The highest BCUT2D eigenvalue weighted by Gasteiger charge is 2.14. The molecule has 0 atom stereocenters. The molecule has 0 spiro atoms. The third kappa shape index (κ3) is 2.78. The Kier molecular flexibility index (Phi) is 4.02. The van der Waals surface area contributed by atoms with E-state index in [1.54, 1.807) is 37.5 Å². The van der Waals surface area contributed by atoms with Gasteiger partial charge in [-0.3, -0.25) is 4.98 Å². The van der Waals surface area contributed by atoms with Gasteiger partial charge in [-0.1, -0.05) is 11.6 Å². The van der Waals surface area contributed by atoms with Crippen LogP contribution in [0, 0.1) is 0 Å². The van der Waals surface area contributed by atoms with E-state index in [0.717, 1.165) is 16.5 Å². The first-order chi connectivity index (χ1) is 10.7. The summed E-state index contributed by atoms with van der Waals surface area (Å²) in [4.78, 5) is 20.4. The van der Waals surface area contributed by atoms with Gasteiger partial charge in [-0.25, -0.2) is 9.78 Å². The molecule has 0 saturated carbocycles. The van der Waals surface area contributed by atoms with Crippen molar-refractivity contribution in [3.8, 4) is 11.1 Å². The lowest BCUT2D eigenvalue weighted by Crippen LogP contribution is -2.07. The molecular weight excluding hydrogens is 300 g/mol. The molecule has 0 fully saturated rings. The van der Waals surface area contributed by atoms with Crippen LogP contribution in [0.2, 0.25) is 5.02 Å². The number of benzene rings is 1. The standard InChI is InChI=1S/C17H13ClN2O2/c1-2-22-17(21)16-10-13(11-5-7-19-8-6-11)14-9-12(18)3-4-15(14)20-16/h3-10H,2H2,1H3. The van der Waals surface area contributed by atoms with Gasteiger partial charge in [-0.15, -0.1) is 0 Å². The quantitative estimate of drug-likeness (QED) is 0.682. The second kappa shape index (κ2) is 6.12. The number of fused-ring (bicyclic) bond motifs is 1. The average molecular weight is 313 g/mol. The van der Waals surface area contributed by atoms with Gasteiger partial charge >= 0.3 is 5.97 Å². The predicted octanol–water partition coefficient (Wildman–Crippen LogP) is 4.13. The van der Waals surface area contributed by atoms with Crippen LogP contribution in [0.1, 0.15) is 17.4 Å². The minimum atomic E-state index is -0.436. The highest BCUT2D eigenvalue weighted by molar-refractivity contribution is 6.31. The van der Waals surface area contributed by atoms with Crippen molar-refractivity contribution in [3.05, 3.63) is 59.5 Å². The molecule has 3 aromatic rings. The predicted molar refractivity (Wildman–Crippen MR) is 85.9 cm³/mol. The fraction of sp³-hybridized carbons (Fsp3) is 0.118. The van der Waals surface area contributed by atoms with E-state index in [1.165, 1.54) is 0 Å². The maximum atomic E-state index is 12.0. The van der Waals surface area contributed by atoms with Gasteiger partial charge in [0.2, 0.25) is 0 Å². The number of carbonyl (C=O) groups excluding carboxylic acids is 1. The van der Waals surface area contributed by atoms with Crippen LogP contribution in [0.5, 0.6) is 0 Å². The number of aromatic nitrogens is 2. The lowest BCUT2D eigenvalue weighted by molar-refractivity contribution is 0.0520. The van der Waals surface area contributed by atoms with E-state index >= 15 is 0 Å². The van der Waals surface area contributed by atoms with Crippen LogP contribution in [0.15, 0.2) is 48.8 Å². The number of pyridine rings is 2. The molecule has 2 aromatic heterocycles. The molecule has 0 radical (unpaired) electrons. The summed E-state index contributed by atoms with van der Waals surface area (Å²) < 4.78 is 5.05. The summed E-state index contributed by atoms with van der Waals surface area (Å²) in [5.41, 5.74) is 2.79. The van der Waals surface area contributed by atoms with Gasteiger partial charge in [-0.2, -0.15) is 0 Å². The monoisotopic (exact) mass is 312 g/mol. The number of hydrogen-bond donors (Lipinski definition) is 0. The molecule has 1 aromatic carbocycles.